The lowest BCUT2D eigenvalue weighted by Crippen LogP contribution is -2.21. The first-order valence-corrected chi connectivity index (χ1v) is 15.1. The van der Waals surface area contributed by atoms with E-state index in [0.717, 1.165) is 5.69 Å². The van der Waals surface area contributed by atoms with Gasteiger partial charge >= 0.3 is 0 Å². The SMILES string of the molecule is C1=CNC(n2c3ccccc3c3cc(-c4ccc5c(c4)c4ccccc4n5-c4ccc(-c5ccccc5)cc4)ccc32)C=C1. The summed E-state index contributed by atoms with van der Waals surface area (Å²) in [7, 11) is 0. The van der Waals surface area contributed by atoms with Gasteiger partial charge < -0.3 is 14.5 Å². The number of fused-ring (bicyclic) bond motifs is 6. The Balaban J connectivity index is 1.19. The van der Waals surface area contributed by atoms with Gasteiger partial charge in [0, 0.05) is 27.2 Å². The molecule has 1 unspecified atom stereocenters. The van der Waals surface area contributed by atoms with Gasteiger partial charge in [-0.05, 0) is 89.1 Å². The second kappa shape index (κ2) is 9.89. The van der Waals surface area contributed by atoms with Crippen molar-refractivity contribution >= 4 is 43.6 Å². The van der Waals surface area contributed by atoms with E-state index in [-0.39, 0.29) is 6.17 Å². The molecule has 0 fully saturated rings. The molecule has 0 bridgehead atoms. The van der Waals surface area contributed by atoms with E-state index in [1.807, 2.05) is 12.3 Å². The molecular formula is C41H29N3. The quantitative estimate of drug-likeness (QED) is 0.226. The number of dihydropyridines is 1. The molecule has 1 aliphatic rings. The van der Waals surface area contributed by atoms with Crippen LogP contribution in [0.4, 0.5) is 0 Å². The largest absolute Gasteiger partial charge is 0.368 e. The molecule has 0 radical (unpaired) electrons. The normalized spacial score (nSPS) is 14.6. The lowest BCUT2D eigenvalue weighted by atomic mass is 10.0. The second-order valence-corrected chi connectivity index (χ2v) is 11.5. The first-order chi connectivity index (χ1) is 21.8. The van der Waals surface area contributed by atoms with Crippen molar-refractivity contribution in [3.05, 3.63) is 164 Å². The van der Waals surface area contributed by atoms with Crippen molar-refractivity contribution in [2.75, 3.05) is 0 Å². The lowest BCUT2D eigenvalue weighted by Gasteiger charge is -2.20. The van der Waals surface area contributed by atoms with Crippen molar-refractivity contribution in [2.24, 2.45) is 0 Å². The minimum Gasteiger partial charge on any atom is -0.368 e. The molecule has 0 amide bonds. The zero-order valence-corrected chi connectivity index (χ0v) is 24.1. The Kier molecular flexibility index (Phi) is 5.57. The van der Waals surface area contributed by atoms with Crippen LogP contribution >= 0.6 is 0 Å². The van der Waals surface area contributed by atoms with Crippen molar-refractivity contribution in [2.45, 2.75) is 6.17 Å². The minimum atomic E-state index is 0.0810. The molecule has 1 N–H and O–H groups in total. The number of allylic oxidation sites excluding steroid dienone is 2. The predicted molar refractivity (Wildman–Crippen MR) is 185 cm³/mol. The highest BCUT2D eigenvalue weighted by Crippen LogP contribution is 2.38. The van der Waals surface area contributed by atoms with E-state index < -0.39 is 0 Å². The topological polar surface area (TPSA) is 21.9 Å². The zero-order valence-electron chi connectivity index (χ0n) is 24.1. The van der Waals surface area contributed by atoms with Crippen LogP contribution in [-0.4, -0.2) is 9.13 Å². The number of hydrogen-bond acceptors (Lipinski definition) is 1. The van der Waals surface area contributed by atoms with Crippen molar-refractivity contribution in [1.82, 2.24) is 14.5 Å². The van der Waals surface area contributed by atoms with Gasteiger partial charge in [-0.25, -0.2) is 0 Å². The van der Waals surface area contributed by atoms with Crippen LogP contribution in [0.15, 0.2) is 164 Å². The Hall–Kier alpha value is -5.80. The summed E-state index contributed by atoms with van der Waals surface area (Å²) in [6.45, 7) is 0. The molecule has 0 aliphatic carbocycles. The third kappa shape index (κ3) is 3.83. The average Bonchev–Trinajstić information content (AvgIpc) is 3.61. The molecule has 2 aromatic heterocycles. The molecular weight excluding hydrogens is 534 g/mol. The van der Waals surface area contributed by atoms with Gasteiger partial charge in [0.25, 0.3) is 0 Å². The van der Waals surface area contributed by atoms with Gasteiger partial charge in [0.1, 0.15) is 6.17 Å². The summed E-state index contributed by atoms with van der Waals surface area (Å²) in [5.74, 6) is 0. The Morgan fingerprint density at radius 1 is 0.432 bits per heavy atom. The summed E-state index contributed by atoms with van der Waals surface area (Å²) in [6, 6.07) is 50.8. The Labute approximate surface area is 255 Å². The third-order valence-electron chi connectivity index (χ3n) is 8.99. The number of hydrogen-bond donors (Lipinski definition) is 1. The van der Waals surface area contributed by atoms with Gasteiger partial charge in [-0.15, -0.1) is 0 Å². The summed E-state index contributed by atoms with van der Waals surface area (Å²) < 4.78 is 4.79. The van der Waals surface area contributed by atoms with Gasteiger partial charge in [0.15, 0.2) is 0 Å². The van der Waals surface area contributed by atoms with Crippen LogP contribution in [0.1, 0.15) is 6.17 Å². The monoisotopic (exact) mass is 563 g/mol. The number of nitrogens with zero attached hydrogens (tertiary/aromatic N) is 2. The molecule has 3 heterocycles. The number of aromatic nitrogens is 2. The van der Waals surface area contributed by atoms with Crippen LogP contribution in [0.2, 0.25) is 0 Å². The number of nitrogens with one attached hydrogen (secondary N) is 1. The molecule has 0 saturated carbocycles. The van der Waals surface area contributed by atoms with Crippen LogP contribution in [0.25, 0.3) is 71.6 Å². The molecule has 1 aliphatic heterocycles. The summed E-state index contributed by atoms with van der Waals surface area (Å²) in [6.07, 6.45) is 8.45. The van der Waals surface area contributed by atoms with E-state index >= 15 is 0 Å². The van der Waals surface area contributed by atoms with Gasteiger partial charge in [-0.2, -0.15) is 0 Å². The first kappa shape index (κ1) is 24.8. The maximum atomic E-state index is 3.51. The predicted octanol–water partition coefficient (Wildman–Crippen LogP) is 10.4. The van der Waals surface area contributed by atoms with E-state index in [1.165, 1.54) is 65.9 Å². The molecule has 1 atom stereocenters. The highest BCUT2D eigenvalue weighted by Gasteiger charge is 2.18. The van der Waals surface area contributed by atoms with Crippen molar-refractivity contribution in [3.63, 3.8) is 0 Å². The Morgan fingerprint density at radius 2 is 0.977 bits per heavy atom. The molecule has 3 nitrogen and oxygen atoms in total. The van der Waals surface area contributed by atoms with Crippen molar-refractivity contribution < 1.29 is 0 Å². The van der Waals surface area contributed by atoms with Crippen LogP contribution in [0.3, 0.4) is 0 Å². The van der Waals surface area contributed by atoms with Gasteiger partial charge in [0.05, 0.1) is 22.1 Å². The van der Waals surface area contributed by atoms with Crippen LogP contribution < -0.4 is 5.32 Å². The summed E-state index contributed by atoms with van der Waals surface area (Å²) in [5.41, 5.74) is 10.9. The minimum absolute atomic E-state index is 0.0810. The molecule has 0 spiro atoms. The van der Waals surface area contributed by atoms with Crippen LogP contribution in [0, 0.1) is 0 Å². The fraction of sp³-hybridized carbons (Fsp3) is 0.0244. The van der Waals surface area contributed by atoms with Crippen LogP contribution in [0.5, 0.6) is 0 Å². The number of para-hydroxylation sites is 2. The molecule has 3 heteroatoms. The maximum Gasteiger partial charge on any atom is 0.123 e. The lowest BCUT2D eigenvalue weighted by molar-refractivity contribution is 0.578. The molecule has 6 aromatic carbocycles. The van der Waals surface area contributed by atoms with E-state index in [1.54, 1.807) is 0 Å². The molecule has 208 valence electrons. The summed E-state index contributed by atoms with van der Waals surface area (Å²) in [5, 5.41) is 8.57. The van der Waals surface area contributed by atoms with Gasteiger partial charge in [0.2, 0.25) is 0 Å². The van der Waals surface area contributed by atoms with Gasteiger partial charge in [-0.3, -0.25) is 0 Å². The fourth-order valence-corrected chi connectivity index (χ4v) is 6.94. The maximum absolute atomic E-state index is 3.51. The highest BCUT2D eigenvalue weighted by molar-refractivity contribution is 6.12. The Morgan fingerprint density at radius 3 is 1.70 bits per heavy atom. The fourth-order valence-electron chi connectivity index (χ4n) is 6.94. The standard InChI is InChI=1S/C41H29N3/c1-2-10-28(11-3-1)29-17-21-32(22-18-29)43-37-14-6-4-12-33(37)35-26-30(19-23-39(35)43)31-20-24-40-36(27-31)34-13-5-7-15-38(34)44(40)41-16-8-9-25-42-41/h1-27,41-42H. The van der Waals surface area contributed by atoms with Crippen molar-refractivity contribution in [3.8, 4) is 27.9 Å². The third-order valence-corrected chi connectivity index (χ3v) is 8.99. The smallest absolute Gasteiger partial charge is 0.123 e. The summed E-state index contributed by atoms with van der Waals surface area (Å²) in [4.78, 5) is 0. The van der Waals surface area contributed by atoms with E-state index in [9.17, 15) is 0 Å². The number of benzene rings is 6. The number of rotatable bonds is 4. The highest BCUT2D eigenvalue weighted by atomic mass is 15.2. The zero-order chi connectivity index (χ0) is 29.0. The summed E-state index contributed by atoms with van der Waals surface area (Å²) >= 11 is 0. The molecule has 8 aromatic rings. The van der Waals surface area contributed by atoms with E-state index in [2.05, 4.69) is 166 Å². The van der Waals surface area contributed by atoms with E-state index in [4.69, 9.17) is 0 Å². The van der Waals surface area contributed by atoms with Crippen molar-refractivity contribution in [1.29, 1.82) is 0 Å². The Bertz CT molecular complexity index is 2400. The second-order valence-electron chi connectivity index (χ2n) is 11.5. The van der Waals surface area contributed by atoms with Gasteiger partial charge in [-0.1, -0.05) is 97.1 Å². The van der Waals surface area contributed by atoms with E-state index in [0.29, 0.717) is 0 Å². The molecule has 44 heavy (non-hydrogen) atoms. The average molecular weight is 564 g/mol. The van der Waals surface area contributed by atoms with Crippen LogP contribution in [-0.2, 0) is 0 Å². The first-order valence-electron chi connectivity index (χ1n) is 15.1. The molecule has 9 rings (SSSR count). The molecule has 0 saturated heterocycles.